The average molecular weight is 491 g/mol. The minimum absolute atomic E-state index is 0.113. The molecule has 1 aromatic carbocycles. The van der Waals surface area contributed by atoms with Gasteiger partial charge in [0.05, 0.1) is 25.4 Å². The van der Waals surface area contributed by atoms with Crippen molar-refractivity contribution < 1.29 is 32.9 Å². The number of nitriles is 1. The standard InChI is InChI=1S/C19H25F3N6O4S/c1-31-16(15(7-23)27-25)3-2-4-26-28(19(30)17(9-29)32-10-33)8-14(24)11-5-12(20)18(22)13(21)6-11/h3,5-6,8,17,19,26,29-30,33H,2,4,9-10,24-25H2,1H3/b14-8-,16-3+,27-15-. The second-order valence-corrected chi connectivity index (χ2v) is 6.49. The van der Waals surface area contributed by atoms with Crippen molar-refractivity contribution in [1.82, 2.24) is 10.4 Å². The number of methoxy groups -OCH3 is 1. The largest absolute Gasteiger partial charge is 0.494 e. The number of thiol groups is 1. The molecule has 1 rings (SSSR count). The summed E-state index contributed by atoms with van der Waals surface area (Å²) in [5.41, 5.74) is 8.10. The third-order valence-electron chi connectivity index (χ3n) is 4.14. The molecule has 182 valence electrons. The Labute approximate surface area is 193 Å². The van der Waals surface area contributed by atoms with Crippen LogP contribution in [0.15, 0.2) is 35.3 Å². The summed E-state index contributed by atoms with van der Waals surface area (Å²) in [7, 11) is 1.32. The number of hydrogen-bond acceptors (Lipinski definition) is 11. The number of halogens is 3. The molecule has 0 amide bonds. The van der Waals surface area contributed by atoms with Crippen LogP contribution in [0.5, 0.6) is 0 Å². The summed E-state index contributed by atoms with van der Waals surface area (Å²) in [6.45, 7) is -0.484. The fraction of sp³-hybridized carbons (Fsp3) is 0.368. The highest BCUT2D eigenvalue weighted by atomic mass is 32.1. The van der Waals surface area contributed by atoms with Crippen LogP contribution in [0.2, 0.25) is 0 Å². The van der Waals surface area contributed by atoms with Crippen LogP contribution in [0.1, 0.15) is 12.0 Å². The summed E-state index contributed by atoms with van der Waals surface area (Å²) in [5.74, 6) is 0.568. The smallest absolute Gasteiger partial charge is 0.201 e. The Bertz CT molecular complexity index is 902. The van der Waals surface area contributed by atoms with Gasteiger partial charge in [-0.05, 0) is 24.6 Å². The van der Waals surface area contributed by atoms with Gasteiger partial charge in [-0.2, -0.15) is 23.0 Å². The van der Waals surface area contributed by atoms with Crippen molar-refractivity contribution in [1.29, 1.82) is 5.26 Å². The second-order valence-electron chi connectivity index (χ2n) is 6.23. The molecule has 0 saturated heterocycles. The maximum absolute atomic E-state index is 13.6. The molecule has 14 heteroatoms. The SMILES string of the molecule is COC(=C/CCNN(/C=C(\N)c1cc(F)c(F)c(F)c1)C(O)C(CO)OCS)/C(C#N)=N\N. The van der Waals surface area contributed by atoms with Crippen LogP contribution in [0, 0.1) is 28.8 Å². The van der Waals surface area contributed by atoms with Gasteiger partial charge in [0, 0.05) is 18.3 Å². The molecule has 2 unspecified atom stereocenters. The maximum Gasteiger partial charge on any atom is 0.201 e. The van der Waals surface area contributed by atoms with E-state index in [0.29, 0.717) is 12.1 Å². The number of hydrazine groups is 1. The van der Waals surface area contributed by atoms with E-state index in [2.05, 4.69) is 23.2 Å². The van der Waals surface area contributed by atoms with Gasteiger partial charge in [-0.3, -0.25) is 5.01 Å². The highest BCUT2D eigenvalue weighted by Gasteiger charge is 2.24. The first-order valence-corrected chi connectivity index (χ1v) is 9.95. The van der Waals surface area contributed by atoms with Gasteiger partial charge in [0.25, 0.3) is 0 Å². The quantitative estimate of drug-likeness (QED) is 0.0338. The Balaban J connectivity index is 3.14. The Morgan fingerprint density at radius 3 is 2.52 bits per heavy atom. The zero-order valence-corrected chi connectivity index (χ0v) is 18.5. The van der Waals surface area contributed by atoms with Crippen molar-refractivity contribution in [2.75, 3.05) is 26.2 Å². The second kappa shape index (κ2) is 14.2. The molecule has 0 spiro atoms. The fourth-order valence-electron chi connectivity index (χ4n) is 2.49. The normalized spacial score (nSPS) is 14.5. The molecule has 2 atom stereocenters. The molecule has 0 saturated carbocycles. The Morgan fingerprint density at radius 2 is 2.03 bits per heavy atom. The van der Waals surface area contributed by atoms with E-state index in [9.17, 15) is 23.4 Å². The Morgan fingerprint density at radius 1 is 1.39 bits per heavy atom. The minimum atomic E-state index is -1.65. The molecule has 0 aliphatic rings. The highest BCUT2D eigenvalue weighted by molar-refractivity contribution is 7.80. The molecule has 0 heterocycles. The first-order chi connectivity index (χ1) is 15.7. The lowest BCUT2D eigenvalue weighted by atomic mass is 10.1. The number of nitrogens with two attached hydrogens (primary N) is 2. The third kappa shape index (κ3) is 8.15. The molecule has 0 aromatic heterocycles. The molecule has 33 heavy (non-hydrogen) atoms. The molecule has 0 radical (unpaired) electrons. The van der Waals surface area contributed by atoms with Crippen LogP contribution in [-0.2, 0) is 9.47 Å². The number of aliphatic hydroxyl groups is 2. The van der Waals surface area contributed by atoms with Crippen LogP contribution in [-0.4, -0.2) is 59.5 Å². The van der Waals surface area contributed by atoms with Crippen molar-refractivity contribution >= 4 is 24.0 Å². The molecular weight excluding hydrogens is 465 g/mol. The van der Waals surface area contributed by atoms with Gasteiger partial charge in [0.2, 0.25) is 5.71 Å². The molecule has 1 aromatic rings. The van der Waals surface area contributed by atoms with Crippen molar-refractivity contribution in [2.45, 2.75) is 18.8 Å². The summed E-state index contributed by atoms with van der Waals surface area (Å²) in [5, 5.41) is 33.3. The van der Waals surface area contributed by atoms with E-state index in [4.69, 9.17) is 26.3 Å². The van der Waals surface area contributed by atoms with Crippen LogP contribution < -0.4 is 17.0 Å². The van der Waals surface area contributed by atoms with Gasteiger partial charge < -0.3 is 31.3 Å². The zero-order valence-electron chi connectivity index (χ0n) is 17.6. The van der Waals surface area contributed by atoms with Gasteiger partial charge >= 0.3 is 0 Å². The Hall–Kier alpha value is -2.96. The average Bonchev–Trinajstić information content (AvgIpc) is 2.81. The zero-order chi connectivity index (χ0) is 25.0. The number of nitrogens with zero attached hydrogens (tertiary/aromatic N) is 3. The lowest BCUT2D eigenvalue weighted by Crippen LogP contribution is -2.50. The topological polar surface area (TPSA) is 162 Å². The van der Waals surface area contributed by atoms with Crippen LogP contribution >= 0.6 is 12.6 Å². The van der Waals surface area contributed by atoms with E-state index in [1.807, 2.05) is 0 Å². The Kier molecular flexibility index (Phi) is 12.1. The number of aliphatic hydroxyl groups excluding tert-OH is 2. The number of hydrogen-bond donors (Lipinski definition) is 6. The predicted octanol–water partition coefficient (Wildman–Crippen LogP) is 0.509. The van der Waals surface area contributed by atoms with Gasteiger partial charge in [0.15, 0.2) is 29.4 Å². The number of ether oxygens (including phenoxy) is 2. The monoisotopic (exact) mass is 490 g/mol. The van der Waals surface area contributed by atoms with E-state index in [-0.39, 0.29) is 41.6 Å². The van der Waals surface area contributed by atoms with Crippen LogP contribution in [0.25, 0.3) is 5.70 Å². The van der Waals surface area contributed by atoms with Crippen molar-refractivity contribution in [3.8, 4) is 6.07 Å². The molecule has 7 N–H and O–H groups in total. The predicted molar refractivity (Wildman–Crippen MR) is 117 cm³/mol. The molecule has 0 fully saturated rings. The number of benzene rings is 1. The summed E-state index contributed by atoms with van der Waals surface area (Å²) in [6, 6.07) is 3.13. The maximum atomic E-state index is 13.6. The van der Waals surface area contributed by atoms with Crippen LogP contribution in [0.4, 0.5) is 13.2 Å². The minimum Gasteiger partial charge on any atom is -0.494 e. The fourth-order valence-corrected chi connectivity index (χ4v) is 2.68. The first kappa shape index (κ1) is 28.1. The van der Waals surface area contributed by atoms with Gasteiger partial charge in [-0.25, -0.2) is 18.6 Å². The van der Waals surface area contributed by atoms with Crippen molar-refractivity contribution in [3.63, 3.8) is 0 Å². The van der Waals surface area contributed by atoms with E-state index in [0.717, 1.165) is 11.2 Å². The number of allylic oxidation sites excluding steroid dienone is 1. The summed E-state index contributed by atoms with van der Waals surface area (Å²) >= 11 is 3.88. The molecule has 10 nitrogen and oxygen atoms in total. The summed E-state index contributed by atoms with van der Waals surface area (Å²) < 4.78 is 50.5. The third-order valence-corrected chi connectivity index (χ3v) is 4.29. The van der Waals surface area contributed by atoms with E-state index in [1.165, 1.54) is 13.2 Å². The summed E-state index contributed by atoms with van der Waals surface area (Å²) in [6.07, 6.45) is 0.155. The number of rotatable bonds is 13. The van der Waals surface area contributed by atoms with Gasteiger partial charge in [-0.15, -0.1) is 0 Å². The summed E-state index contributed by atoms with van der Waals surface area (Å²) in [4.78, 5) is 0. The molecule has 0 aliphatic heterocycles. The van der Waals surface area contributed by atoms with Gasteiger partial charge in [0.1, 0.15) is 12.2 Å². The van der Waals surface area contributed by atoms with E-state index in [1.54, 1.807) is 6.07 Å². The lowest BCUT2D eigenvalue weighted by molar-refractivity contribution is -0.116. The molecule has 0 aliphatic carbocycles. The molecular formula is C19H25F3N6O4S. The first-order valence-electron chi connectivity index (χ1n) is 9.31. The van der Waals surface area contributed by atoms with Crippen LogP contribution in [0.3, 0.4) is 0 Å². The molecule has 0 bridgehead atoms. The van der Waals surface area contributed by atoms with Crippen molar-refractivity contribution in [2.24, 2.45) is 16.7 Å². The highest BCUT2D eigenvalue weighted by Crippen LogP contribution is 2.18. The van der Waals surface area contributed by atoms with Gasteiger partial charge in [-0.1, -0.05) is 0 Å². The number of hydrazone groups is 1. The van der Waals surface area contributed by atoms with Crippen molar-refractivity contribution in [3.05, 3.63) is 53.2 Å². The van der Waals surface area contributed by atoms with E-state index >= 15 is 0 Å². The van der Waals surface area contributed by atoms with E-state index < -0.39 is 36.4 Å². The lowest BCUT2D eigenvalue weighted by Gasteiger charge is -2.32. The number of nitrogens with one attached hydrogen (secondary N) is 1.